The monoisotopic (exact) mass is 290 g/mol. The summed E-state index contributed by atoms with van der Waals surface area (Å²) in [6.07, 6.45) is 0. The summed E-state index contributed by atoms with van der Waals surface area (Å²) in [6.45, 7) is 4.05. The van der Waals surface area contributed by atoms with Crippen molar-refractivity contribution in [3.8, 4) is 0 Å². The first-order valence-corrected chi connectivity index (χ1v) is 7.46. The minimum Gasteiger partial charge on any atom is -0.309 e. The predicted octanol–water partition coefficient (Wildman–Crippen LogP) is 1.34. The molecule has 0 saturated carbocycles. The second-order valence-corrected chi connectivity index (χ2v) is 6.72. The molecule has 0 aliphatic carbocycles. The van der Waals surface area contributed by atoms with Crippen molar-refractivity contribution in [2.24, 2.45) is 0 Å². The summed E-state index contributed by atoms with van der Waals surface area (Å²) < 4.78 is 53.1. The van der Waals surface area contributed by atoms with Gasteiger partial charge in [0, 0.05) is 25.2 Å². The van der Waals surface area contributed by atoms with Crippen molar-refractivity contribution in [3.63, 3.8) is 0 Å². The first-order valence-electron chi connectivity index (χ1n) is 6.02. The summed E-state index contributed by atoms with van der Waals surface area (Å²) in [5, 5.41) is 3.17. The van der Waals surface area contributed by atoms with Gasteiger partial charge in [-0.1, -0.05) is 6.07 Å². The number of hydrogen-bond acceptors (Lipinski definition) is 3. The molecule has 2 unspecified atom stereocenters. The molecule has 2 rings (SSSR count). The van der Waals surface area contributed by atoms with E-state index in [1.807, 2.05) is 13.8 Å². The van der Waals surface area contributed by atoms with E-state index >= 15 is 0 Å². The van der Waals surface area contributed by atoms with E-state index in [0.29, 0.717) is 0 Å². The Labute approximate surface area is 111 Å². The fourth-order valence-electron chi connectivity index (χ4n) is 2.33. The molecule has 106 valence electrons. The highest BCUT2D eigenvalue weighted by atomic mass is 32.2. The zero-order valence-electron chi connectivity index (χ0n) is 10.7. The van der Waals surface area contributed by atoms with Crippen LogP contribution in [-0.2, 0) is 10.0 Å². The highest BCUT2D eigenvalue weighted by Crippen LogP contribution is 2.24. The Bertz CT molecular complexity index is 547. The van der Waals surface area contributed by atoms with Crippen LogP contribution in [0.15, 0.2) is 23.1 Å². The SMILES string of the molecule is CC1CN(S(=O)(=O)c2c(F)cccc2F)CC(C)N1. The molecular formula is C12H16F2N2O2S. The van der Waals surface area contributed by atoms with Crippen molar-refractivity contribution in [2.75, 3.05) is 13.1 Å². The molecule has 4 nitrogen and oxygen atoms in total. The molecule has 0 bridgehead atoms. The molecule has 19 heavy (non-hydrogen) atoms. The highest BCUT2D eigenvalue weighted by molar-refractivity contribution is 7.89. The lowest BCUT2D eigenvalue weighted by molar-refractivity contribution is 0.261. The van der Waals surface area contributed by atoms with E-state index in [0.717, 1.165) is 22.5 Å². The lowest BCUT2D eigenvalue weighted by Gasteiger charge is -2.35. The predicted molar refractivity (Wildman–Crippen MR) is 67.2 cm³/mol. The van der Waals surface area contributed by atoms with E-state index in [2.05, 4.69) is 5.32 Å². The van der Waals surface area contributed by atoms with Crippen molar-refractivity contribution in [1.82, 2.24) is 9.62 Å². The zero-order valence-corrected chi connectivity index (χ0v) is 11.5. The summed E-state index contributed by atoms with van der Waals surface area (Å²) in [7, 11) is -4.15. The molecule has 1 heterocycles. The molecule has 0 amide bonds. The third-order valence-corrected chi connectivity index (χ3v) is 4.92. The van der Waals surface area contributed by atoms with Gasteiger partial charge in [0.05, 0.1) is 0 Å². The molecule has 1 aromatic carbocycles. The second kappa shape index (κ2) is 5.15. The van der Waals surface area contributed by atoms with Gasteiger partial charge in [-0.05, 0) is 26.0 Å². The quantitative estimate of drug-likeness (QED) is 0.894. The number of benzene rings is 1. The lowest BCUT2D eigenvalue weighted by atomic mass is 10.2. The van der Waals surface area contributed by atoms with E-state index in [-0.39, 0.29) is 25.2 Å². The van der Waals surface area contributed by atoms with Crippen LogP contribution >= 0.6 is 0 Å². The Balaban J connectivity index is 2.42. The van der Waals surface area contributed by atoms with Crippen LogP contribution in [0.2, 0.25) is 0 Å². The van der Waals surface area contributed by atoms with Gasteiger partial charge in [-0.15, -0.1) is 0 Å². The van der Waals surface area contributed by atoms with Crippen molar-refractivity contribution in [2.45, 2.75) is 30.8 Å². The third kappa shape index (κ3) is 2.77. The first-order chi connectivity index (χ1) is 8.82. The smallest absolute Gasteiger partial charge is 0.249 e. The number of sulfonamides is 1. The average Bonchev–Trinajstić information content (AvgIpc) is 2.26. The number of nitrogens with one attached hydrogen (secondary N) is 1. The lowest BCUT2D eigenvalue weighted by Crippen LogP contribution is -2.55. The Morgan fingerprint density at radius 1 is 1.16 bits per heavy atom. The summed E-state index contributed by atoms with van der Waals surface area (Å²) in [5.74, 6) is -2.11. The number of piperazine rings is 1. The molecule has 1 N–H and O–H groups in total. The van der Waals surface area contributed by atoms with Gasteiger partial charge in [0.25, 0.3) is 0 Å². The molecule has 2 atom stereocenters. The normalized spacial score (nSPS) is 25.5. The molecule has 0 aromatic heterocycles. The molecular weight excluding hydrogens is 274 g/mol. The first kappa shape index (κ1) is 14.4. The van der Waals surface area contributed by atoms with Crippen LogP contribution in [0, 0.1) is 11.6 Å². The molecule has 0 spiro atoms. The Kier molecular flexibility index (Phi) is 3.89. The summed E-state index contributed by atoms with van der Waals surface area (Å²) in [6, 6.07) is 2.92. The molecule has 1 aromatic rings. The minimum atomic E-state index is -4.15. The third-order valence-electron chi connectivity index (χ3n) is 3.04. The standard InChI is InChI=1S/C12H16F2N2O2S/c1-8-6-16(7-9(2)15-8)19(17,18)12-10(13)4-3-5-11(12)14/h3-5,8-9,15H,6-7H2,1-2H3. The van der Waals surface area contributed by atoms with Gasteiger partial charge in [0.1, 0.15) is 11.6 Å². The van der Waals surface area contributed by atoms with Gasteiger partial charge in [-0.25, -0.2) is 17.2 Å². The molecule has 7 heteroatoms. The van der Waals surface area contributed by atoms with Gasteiger partial charge in [-0.3, -0.25) is 0 Å². The highest BCUT2D eigenvalue weighted by Gasteiger charge is 2.34. The van der Waals surface area contributed by atoms with Crippen molar-refractivity contribution >= 4 is 10.0 Å². The average molecular weight is 290 g/mol. The molecule has 1 aliphatic heterocycles. The number of rotatable bonds is 2. The summed E-state index contributed by atoms with van der Waals surface area (Å²) >= 11 is 0. The zero-order chi connectivity index (χ0) is 14.2. The van der Waals surface area contributed by atoms with Crippen LogP contribution in [0.4, 0.5) is 8.78 Å². The van der Waals surface area contributed by atoms with Crippen LogP contribution in [0.1, 0.15) is 13.8 Å². The van der Waals surface area contributed by atoms with Crippen molar-refractivity contribution < 1.29 is 17.2 Å². The summed E-state index contributed by atoms with van der Waals surface area (Å²) in [4.78, 5) is -0.865. The fraction of sp³-hybridized carbons (Fsp3) is 0.500. The number of hydrogen-bond donors (Lipinski definition) is 1. The topological polar surface area (TPSA) is 49.4 Å². The van der Waals surface area contributed by atoms with E-state index in [4.69, 9.17) is 0 Å². The van der Waals surface area contributed by atoms with E-state index in [1.165, 1.54) is 0 Å². The van der Waals surface area contributed by atoms with Crippen molar-refractivity contribution in [3.05, 3.63) is 29.8 Å². The Hall–Kier alpha value is -1.05. The second-order valence-electron chi connectivity index (χ2n) is 4.84. The fourth-order valence-corrected chi connectivity index (χ4v) is 4.06. The van der Waals surface area contributed by atoms with Crippen LogP contribution < -0.4 is 5.32 Å². The van der Waals surface area contributed by atoms with Crippen LogP contribution in [0.3, 0.4) is 0 Å². The van der Waals surface area contributed by atoms with Crippen molar-refractivity contribution in [1.29, 1.82) is 0 Å². The maximum Gasteiger partial charge on any atom is 0.249 e. The maximum atomic E-state index is 13.6. The van der Waals surface area contributed by atoms with E-state index < -0.39 is 26.6 Å². The van der Waals surface area contributed by atoms with E-state index in [9.17, 15) is 17.2 Å². The van der Waals surface area contributed by atoms with Gasteiger partial charge < -0.3 is 5.32 Å². The molecule has 0 radical (unpaired) electrons. The molecule has 1 aliphatic rings. The van der Waals surface area contributed by atoms with Gasteiger partial charge in [-0.2, -0.15) is 4.31 Å². The minimum absolute atomic E-state index is 0.0617. The van der Waals surface area contributed by atoms with Crippen LogP contribution in [0.25, 0.3) is 0 Å². The van der Waals surface area contributed by atoms with Gasteiger partial charge >= 0.3 is 0 Å². The van der Waals surface area contributed by atoms with Gasteiger partial charge in [0.15, 0.2) is 4.90 Å². The maximum absolute atomic E-state index is 13.6. The largest absolute Gasteiger partial charge is 0.309 e. The van der Waals surface area contributed by atoms with Gasteiger partial charge in [0.2, 0.25) is 10.0 Å². The van der Waals surface area contributed by atoms with Crippen LogP contribution in [-0.4, -0.2) is 37.9 Å². The van der Waals surface area contributed by atoms with E-state index in [1.54, 1.807) is 0 Å². The number of nitrogens with zero attached hydrogens (tertiary/aromatic N) is 1. The molecule has 1 fully saturated rings. The molecule has 1 saturated heterocycles. The number of halogens is 2. The summed E-state index contributed by atoms with van der Waals surface area (Å²) in [5.41, 5.74) is 0. The Morgan fingerprint density at radius 3 is 2.11 bits per heavy atom. The van der Waals surface area contributed by atoms with Crippen LogP contribution in [0.5, 0.6) is 0 Å². The Morgan fingerprint density at radius 2 is 1.63 bits per heavy atom.